The topological polar surface area (TPSA) is 89.5 Å². The van der Waals surface area contributed by atoms with Crippen LogP contribution in [0.3, 0.4) is 0 Å². The number of carbonyl (C=O) groups excluding carboxylic acids is 1. The Labute approximate surface area is 103 Å². The highest BCUT2D eigenvalue weighted by Crippen LogP contribution is 2.17. The maximum Gasteiger partial charge on any atom is 0.254 e. The van der Waals surface area contributed by atoms with Gasteiger partial charge in [-0.05, 0) is 18.2 Å². The normalized spacial score (nSPS) is 23.8. The molecule has 1 aromatic carbocycles. The highest BCUT2D eigenvalue weighted by atomic mass is 16.3. The van der Waals surface area contributed by atoms with Crippen molar-refractivity contribution in [3.8, 4) is 0 Å². The van der Waals surface area contributed by atoms with Crippen LogP contribution in [0, 0.1) is 0 Å². The lowest BCUT2D eigenvalue weighted by atomic mass is 10.1. The molecule has 0 unspecified atom stereocenters. The Bertz CT molecular complexity index is 585. The third kappa shape index (κ3) is 1.75. The third-order valence-corrected chi connectivity index (χ3v) is 3.23. The molecule has 1 aliphatic heterocycles. The van der Waals surface area contributed by atoms with Gasteiger partial charge in [0.25, 0.3) is 5.91 Å². The number of amides is 1. The third-order valence-electron chi connectivity index (χ3n) is 3.23. The van der Waals surface area contributed by atoms with Gasteiger partial charge < -0.3 is 15.1 Å². The molecule has 0 radical (unpaired) electrons. The van der Waals surface area contributed by atoms with E-state index in [0.717, 1.165) is 10.9 Å². The van der Waals surface area contributed by atoms with Crippen LogP contribution in [0.15, 0.2) is 24.4 Å². The standard InChI is InChI=1S/C12H13N3O3/c16-10-5-15(6-11(10)17)12(18)7-1-2-9-8(3-7)4-13-14-9/h1-4,10-11,16-17H,5-6H2,(H,13,14)/t10-,11+. The SMILES string of the molecule is O=C(c1ccc2[nH]ncc2c1)N1C[C@@H](O)[C@@H](O)C1. The molecule has 1 amide bonds. The molecule has 1 aromatic heterocycles. The number of likely N-dealkylation sites (tertiary alicyclic amines) is 1. The molecule has 1 saturated heterocycles. The number of benzene rings is 1. The molecule has 0 bridgehead atoms. The van der Waals surface area contributed by atoms with Crippen LogP contribution in [0.5, 0.6) is 0 Å². The van der Waals surface area contributed by atoms with Crippen molar-refractivity contribution in [1.29, 1.82) is 0 Å². The van der Waals surface area contributed by atoms with Gasteiger partial charge in [-0.15, -0.1) is 0 Å². The number of aliphatic hydroxyl groups is 2. The summed E-state index contributed by atoms with van der Waals surface area (Å²) >= 11 is 0. The number of hydrogen-bond donors (Lipinski definition) is 3. The van der Waals surface area contributed by atoms with Gasteiger partial charge in [-0.1, -0.05) is 0 Å². The summed E-state index contributed by atoms with van der Waals surface area (Å²) in [6, 6.07) is 5.25. The number of aliphatic hydroxyl groups excluding tert-OH is 2. The number of fused-ring (bicyclic) bond motifs is 1. The van der Waals surface area contributed by atoms with Gasteiger partial charge in [-0.2, -0.15) is 5.10 Å². The van der Waals surface area contributed by atoms with Crippen molar-refractivity contribution in [3.63, 3.8) is 0 Å². The number of aromatic nitrogens is 2. The fourth-order valence-electron chi connectivity index (χ4n) is 2.19. The lowest BCUT2D eigenvalue weighted by molar-refractivity contribution is 0.0572. The average Bonchev–Trinajstić information content (AvgIpc) is 2.95. The van der Waals surface area contributed by atoms with Crippen molar-refractivity contribution in [1.82, 2.24) is 15.1 Å². The molecule has 0 aliphatic carbocycles. The van der Waals surface area contributed by atoms with E-state index in [1.165, 1.54) is 4.90 Å². The minimum absolute atomic E-state index is 0.170. The second-order valence-corrected chi connectivity index (χ2v) is 4.52. The van der Waals surface area contributed by atoms with E-state index in [0.29, 0.717) is 5.56 Å². The zero-order valence-electron chi connectivity index (χ0n) is 9.58. The van der Waals surface area contributed by atoms with Crippen LogP contribution in [-0.4, -0.2) is 56.5 Å². The molecule has 6 nitrogen and oxygen atoms in total. The van der Waals surface area contributed by atoms with Gasteiger partial charge in [0.05, 0.1) is 23.9 Å². The fraction of sp³-hybridized carbons (Fsp3) is 0.333. The van der Waals surface area contributed by atoms with E-state index in [1.54, 1.807) is 24.4 Å². The summed E-state index contributed by atoms with van der Waals surface area (Å²) in [5.74, 6) is -0.186. The van der Waals surface area contributed by atoms with Crippen LogP contribution in [0.2, 0.25) is 0 Å². The molecular formula is C12H13N3O3. The summed E-state index contributed by atoms with van der Waals surface area (Å²) in [5.41, 5.74) is 1.40. The van der Waals surface area contributed by atoms with Crippen molar-refractivity contribution in [3.05, 3.63) is 30.0 Å². The molecule has 6 heteroatoms. The molecule has 1 fully saturated rings. The fourth-order valence-corrected chi connectivity index (χ4v) is 2.19. The van der Waals surface area contributed by atoms with Crippen LogP contribution >= 0.6 is 0 Å². The minimum Gasteiger partial charge on any atom is -0.388 e. The Morgan fingerprint density at radius 3 is 2.78 bits per heavy atom. The predicted molar refractivity (Wildman–Crippen MR) is 64.0 cm³/mol. The predicted octanol–water partition coefficient (Wildman–Crippen LogP) is -0.259. The number of nitrogens with zero attached hydrogens (tertiary/aromatic N) is 2. The Morgan fingerprint density at radius 2 is 2.06 bits per heavy atom. The van der Waals surface area contributed by atoms with E-state index in [4.69, 9.17) is 0 Å². The molecule has 18 heavy (non-hydrogen) atoms. The molecule has 1 aliphatic rings. The zero-order valence-corrected chi connectivity index (χ0v) is 9.58. The van der Waals surface area contributed by atoms with Gasteiger partial charge in [-0.3, -0.25) is 9.89 Å². The molecule has 3 rings (SSSR count). The number of nitrogens with one attached hydrogen (secondary N) is 1. The molecule has 3 N–H and O–H groups in total. The quantitative estimate of drug-likeness (QED) is 0.647. The first-order chi connectivity index (χ1) is 8.65. The maximum atomic E-state index is 12.2. The second-order valence-electron chi connectivity index (χ2n) is 4.52. The van der Waals surface area contributed by atoms with Crippen LogP contribution in [0.25, 0.3) is 10.9 Å². The van der Waals surface area contributed by atoms with Crippen LogP contribution < -0.4 is 0 Å². The molecule has 2 aromatic rings. The first-order valence-corrected chi connectivity index (χ1v) is 5.73. The van der Waals surface area contributed by atoms with Gasteiger partial charge in [0, 0.05) is 24.0 Å². The zero-order chi connectivity index (χ0) is 12.7. The molecular weight excluding hydrogens is 234 g/mol. The highest BCUT2D eigenvalue weighted by Gasteiger charge is 2.32. The molecule has 0 spiro atoms. The van der Waals surface area contributed by atoms with Gasteiger partial charge >= 0.3 is 0 Å². The monoisotopic (exact) mass is 247 g/mol. The van der Waals surface area contributed by atoms with Gasteiger partial charge in [0.15, 0.2) is 0 Å². The smallest absolute Gasteiger partial charge is 0.254 e. The van der Waals surface area contributed by atoms with Crippen LogP contribution in [-0.2, 0) is 0 Å². The Balaban J connectivity index is 1.87. The summed E-state index contributed by atoms with van der Waals surface area (Å²) < 4.78 is 0. The van der Waals surface area contributed by atoms with Crippen LogP contribution in [0.4, 0.5) is 0 Å². The van der Waals surface area contributed by atoms with E-state index in [-0.39, 0.29) is 19.0 Å². The van der Waals surface area contributed by atoms with Crippen molar-refractivity contribution >= 4 is 16.8 Å². The summed E-state index contributed by atoms with van der Waals surface area (Å²) in [6.45, 7) is 0.340. The van der Waals surface area contributed by atoms with E-state index >= 15 is 0 Å². The molecule has 0 saturated carbocycles. The molecule has 94 valence electrons. The summed E-state index contributed by atoms with van der Waals surface area (Å²) in [7, 11) is 0. The minimum atomic E-state index is -0.855. The van der Waals surface area contributed by atoms with Gasteiger partial charge in [-0.25, -0.2) is 0 Å². The van der Waals surface area contributed by atoms with Crippen molar-refractivity contribution in [2.75, 3.05) is 13.1 Å². The number of hydrogen-bond acceptors (Lipinski definition) is 4. The summed E-state index contributed by atoms with van der Waals surface area (Å²) in [4.78, 5) is 13.6. The van der Waals surface area contributed by atoms with E-state index in [1.807, 2.05) is 0 Å². The Kier molecular flexibility index (Phi) is 2.53. The largest absolute Gasteiger partial charge is 0.388 e. The second kappa shape index (κ2) is 4.08. The van der Waals surface area contributed by atoms with E-state index in [9.17, 15) is 15.0 Å². The molecule has 2 atom stereocenters. The average molecular weight is 247 g/mol. The summed E-state index contributed by atoms with van der Waals surface area (Å²) in [6.07, 6.45) is -0.0574. The highest BCUT2D eigenvalue weighted by molar-refractivity contribution is 5.98. The number of H-pyrrole nitrogens is 1. The Hall–Kier alpha value is -1.92. The van der Waals surface area contributed by atoms with E-state index in [2.05, 4.69) is 10.2 Å². The number of rotatable bonds is 1. The number of carbonyl (C=O) groups is 1. The van der Waals surface area contributed by atoms with Gasteiger partial charge in [0.2, 0.25) is 0 Å². The lowest BCUT2D eigenvalue weighted by Gasteiger charge is -2.15. The number of aromatic amines is 1. The lowest BCUT2D eigenvalue weighted by Crippen LogP contribution is -2.29. The Morgan fingerprint density at radius 1 is 1.33 bits per heavy atom. The first kappa shape index (κ1) is 11.2. The first-order valence-electron chi connectivity index (χ1n) is 5.73. The van der Waals surface area contributed by atoms with Crippen molar-refractivity contribution < 1.29 is 15.0 Å². The van der Waals surface area contributed by atoms with E-state index < -0.39 is 12.2 Å². The van der Waals surface area contributed by atoms with Crippen molar-refractivity contribution in [2.45, 2.75) is 12.2 Å². The maximum absolute atomic E-state index is 12.2. The van der Waals surface area contributed by atoms with Gasteiger partial charge in [0.1, 0.15) is 0 Å². The molecule has 2 heterocycles. The number of β-amino-alcohol motifs (C(OH)–C–C–N with tert-alkyl or cyclic N) is 2. The summed E-state index contributed by atoms with van der Waals surface area (Å²) in [5, 5.41) is 26.5. The van der Waals surface area contributed by atoms with Crippen molar-refractivity contribution in [2.24, 2.45) is 0 Å². The van der Waals surface area contributed by atoms with Crippen LogP contribution in [0.1, 0.15) is 10.4 Å².